The lowest BCUT2D eigenvalue weighted by Crippen LogP contribution is -2.15. The Morgan fingerprint density at radius 2 is 1.92 bits per heavy atom. The Kier molecular flexibility index (Phi) is 4.42. The second kappa shape index (κ2) is 6.85. The predicted molar refractivity (Wildman–Crippen MR) is 97.6 cm³/mol. The van der Waals surface area contributed by atoms with Crippen molar-refractivity contribution in [1.29, 1.82) is 0 Å². The van der Waals surface area contributed by atoms with Gasteiger partial charge in [-0.1, -0.05) is 53.7 Å². The van der Waals surface area contributed by atoms with Crippen LogP contribution in [0.2, 0.25) is 5.02 Å². The molecule has 1 aliphatic rings. The largest absolute Gasteiger partial charge is 0.486 e. The van der Waals surface area contributed by atoms with Crippen LogP contribution in [0.15, 0.2) is 47.6 Å². The molecule has 6 nitrogen and oxygen atoms in total. The van der Waals surface area contributed by atoms with Gasteiger partial charge in [-0.05, 0) is 17.7 Å². The van der Waals surface area contributed by atoms with Gasteiger partial charge >= 0.3 is 0 Å². The van der Waals surface area contributed by atoms with Gasteiger partial charge in [0.2, 0.25) is 5.16 Å². The highest BCUT2D eigenvalue weighted by Gasteiger charge is 2.18. The van der Waals surface area contributed by atoms with Crippen molar-refractivity contribution >= 4 is 23.4 Å². The Balaban J connectivity index is 1.53. The average Bonchev–Trinajstić information content (AvgIpc) is 3.01. The number of nitrogen functional groups attached to an aromatic ring is 1. The predicted octanol–water partition coefficient (Wildman–Crippen LogP) is 3.38. The van der Waals surface area contributed by atoms with Gasteiger partial charge in [0.1, 0.15) is 13.2 Å². The van der Waals surface area contributed by atoms with Gasteiger partial charge < -0.3 is 15.3 Å². The number of rotatable bonds is 4. The molecule has 0 unspecified atom stereocenters. The van der Waals surface area contributed by atoms with Gasteiger partial charge in [0.15, 0.2) is 17.3 Å². The molecule has 1 aliphatic heterocycles. The summed E-state index contributed by atoms with van der Waals surface area (Å²) < 4.78 is 12.6. The molecule has 25 heavy (non-hydrogen) atoms. The van der Waals surface area contributed by atoms with Gasteiger partial charge in [0, 0.05) is 11.3 Å². The third-order valence-electron chi connectivity index (χ3n) is 3.72. The molecule has 3 aromatic rings. The van der Waals surface area contributed by atoms with Crippen molar-refractivity contribution in [3.05, 3.63) is 53.1 Å². The van der Waals surface area contributed by atoms with E-state index >= 15 is 0 Å². The standard InChI is InChI=1S/C17H15ClN4O2S/c18-13-8-11(9-14-15(13)24-7-6-23-14)10-25-17-21-20-16(22(17)19)12-4-2-1-3-5-12/h1-5,8-9H,6-7,10,19H2. The lowest BCUT2D eigenvalue weighted by molar-refractivity contribution is 0.171. The fourth-order valence-electron chi connectivity index (χ4n) is 2.56. The molecule has 0 radical (unpaired) electrons. The van der Waals surface area contributed by atoms with Crippen LogP contribution in [0.25, 0.3) is 11.4 Å². The molecule has 128 valence electrons. The van der Waals surface area contributed by atoms with Crippen molar-refractivity contribution in [3.63, 3.8) is 0 Å². The van der Waals surface area contributed by atoms with E-state index in [0.29, 0.717) is 46.5 Å². The number of nitrogens with two attached hydrogens (primary N) is 1. The maximum atomic E-state index is 6.27. The van der Waals surface area contributed by atoms with Crippen molar-refractivity contribution in [2.75, 3.05) is 19.1 Å². The number of thioether (sulfide) groups is 1. The minimum Gasteiger partial charge on any atom is -0.486 e. The first-order chi connectivity index (χ1) is 12.2. The molecule has 0 amide bonds. The third-order valence-corrected chi connectivity index (χ3v) is 5.02. The topological polar surface area (TPSA) is 75.2 Å². The van der Waals surface area contributed by atoms with Crippen molar-refractivity contribution in [2.24, 2.45) is 0 Å². The molecular weight excluding hydrogens is 360 g/mol. The molecule has 0 saturated carbocycles. The summed E-state index contributed by atoms with van der Waals surface area (Å²) in [7, 11) is 0. The van der Waals surface area contributed by atoms with E-state index < -0.39 is 0 Å². The molecule has 1 aromatic heterocycles. The molecule has 2 aromatic carbocycles. The van der Waals surface area contributed by atoms with Crippen LogP contribution in [-0.4, -0.2) is 28.1 Å². The van der Waals surface area contributed by atoms with Crippen molar-refractivity contribution in [3.8, 4) is 22.9 Å². The second-order valence-electron chi connectivity index (χ2n) is 5.43. The zero-order valence-corrected chi connectivity index (χ0v) is 14.8. The number of benzene rings is 2. The van der Waals surface area contributed by atoms with Gasteiger partial charge in [-0.3, -0.25) is 0 Å². The van der Waals surface area contributed by atoms with Crippen molar-refractivity contribution in [2.45, 2.75) is 10.9 Å². The van der Waals surface area contributed by atoms with Crippen molar-refractivity contribution in [1.82, 2.24) is 14.9 Å². The lowest BCUT2D eigenvalue weighted by Gasteiger charge is -2.20. The van der Waals surface area contributed by atoms with Gasteiger partial charge in [0.25, 0.3) is 0 Å². The fourth-order valence-corrected chi connectivity index (χ4v) is 3.63. The summed E-state index contributed by atoms with van der Waals surface area (Å²) in [5.74, 6) is 8.69. The maximum Gasteiger partial charge on any atom is 0.210 e. The Labute approximate surface area is 153 Å². The Morgan fingerprint density at radius 3 is 2.76 bits per heavy atom. The molecule has 0 bridgehead atoms. The average molecular weight is 375 g/mol. The van der Waals surface area contributed by atoms with Crippen LogP contribution in [0.5, 0.6) is 11.5 Å². The van der Waals surface area contributed by atoms with E-state index in [2.05, 4.69) is 10.2 Å². The minimum atomic E-state index is 0.513. The SMILES string of the molecule is Nn1c(SCc2cc(Cl)c3c(c2)OCCO3)nnc1-c1ccccc1. The van der Waals surface area contributed by atoms with Crippen LogP contribution in [0, 0.1) is 0 Å². The number of fused-ring (bicyclic) bond motifs is 1. The van der Waals surface area contributed by atoms with E-state index in [9.17, 15) is 0 Å². The van der Waals surface area contributed by atoms with Crippen LogP contribution in [0.4, 0.5) is 0 Å². The minimum absolute atomic E-state index is 0.513. The number of hydrogen-bond donors (Lipinski definition) is 1. The molecule has 8 heteroatoms. The van der Waals surface area contributed by atoms with E-state index in [-0.39, 0.29) is 0 Å². The fraction of sp³-hybridized carbons (Fsp3) is 0.176. The van der Waals surface area contributed by atoms with E-state index in [0.717, 1.165) is 11.1 Å². The second-order valence-corrected chi connectivity index (χ2v) is 6.78. The molecule has 0 saturated heterocycles. The van der Waals surface area contributed by atoms with Gasteiger partial charge in [0.05, 0.1) is 5.02 Å². The summed E-state index contributed by atoms with van der Waals surface area (Å²) in [6.07, 6.45) is 0. The van der Waals surface area contributed by atoms with Crippen LogP contribution in [0.1, 0.15) is 5.56 Å². The van der Waals surface area contributed by atoms with Crippen molar-refractivity contribution < 1.29 is 9.47 Å². The van der Waals surface area contributed by atoms with Gasteiger partial charge in [-0.15, -0.1) is 10.2 Å². The van der Waals surface area contributed by atoms with Gasteiger partial charge in [-0.2, -0.15) is 0 Å². The normalized spacial score (nSPS) is 13.0. The van der Waals surface area contributed by atoms with E-state index in [1.807, 2.05) is 42.5 Å². The molecule has 0 atom stereocenters. The monoisotopic (exact) mass is 374 g/mol. The molecular formula is C17H15ClN4O2S. The first-order valence-corrected chi connectivity index (χ1v) is 9.05. The number of ether oxygens (including phenoxy) is 2. The summed E-state index contributed by atoms with van der Waals surface area (Å²) in [4.78, 5) is 0. The van der Waals surface area contributed by atoms with E-state index in [4.69, 9.17) is 26.9 Å². The third kappa shape index (κ3) is 3.25. The summed E-state index contributed by atoms with van der Waals surface area (Å²) in [5.41, 5.74) is 1.93. The van der Waals surface area contributed by atoms with Crippen LogP contribution >= 0.6 is 23.4 Å². The number of nitrogens with zero attached hydrogens (tertiary/aromatic N) is 3. The Morgan fingerprint density at radius 1 is 1.12 bits per heavy atom. The first kappa shape index (κ1) is 16.1. The Hall–Kier alpha value is -2.38. The highest BCUT2D eigenvalue weighted by Crippen LogP contribution is 2.39. The highest BCUT2D eigenvalue weighted by atomic mass is 35.5. The van der Waals surface area contributed by atoms with Gasteiger partial charge in [-0.25, -0.2) is 4.68 Å². The summed E-state index contributed by atoms with van der Waals surface area (Å²) in [6.45, 7) is 1.04. The van der Waals surface area contributed by atoms with E-state index in [1.54, 1.807) is 0 Å². The molecule has 4 rings (SSSR count). The number of hydrogen-bond acceptors (Lipinski definition) is 6. The molecule has 0 spiro atoms. The lowest BCUT2D eigenvalue weighted by atomic mass is 10.2. The highest BCUT2D eigenvalue weighted by molar-refractivity contribution is 7.98. The van der Waals surface area contributed by atoms with Crippen LogP contribution < -0.4 is 15.3 Å². The number of halogens is 1. The summed E-state index contributed by atoms with van der Waals surface area (Å²) in [6, 6.07) is 13.5. The first-order valence-electron chi connectivity index (χ1n) is 7.69. The molecule has 0 aliphatic carbocycles. The zero-order chi connectivity index (χ0) is 17.2. The quantitative estimate of drug-likeness (QED) is 0.557. The molecule has 2 heterocycles. The molecule has 2 N–H and O–H groups in total. The summed E-state index contributed by atoms with van der Waals surface area (Å²) >= 11 is 7.76. The van der Waals surface area contributed by atoms with Crippen LogP contribution in [-0.2, 0) is 5.75 Å². The zero-order valence-electron chi connectivity index (χ0n) is 13.2. The Bertz CT molecular complexity index is 901. The van der Waals surface area contributed by atoms with E-state index in [1.165, 1.54) is 16.4 Å². The molecule has 0 fully saturated rings. The smallest absolute Gasteiger partial charge is 0.210 e. The number of aromatic nitrogens is 3. The maximum absolute atomic E-state index is 6.27. The van der Waals surface area contributed by atoms with Crippen LogP contribution in [0.3, 0.4) is 0 Å². The summed E-state index contributed by atoms with van der Waals surface area (Å²) in [5, 5.41) is 9.54.